The van der Waals surface area contributed by atoms with E-state index in [1.165, 1.54) is 0 Å². The van der Waals surface area contributed by atoms with E-state index in [0.717, 1.165) is 12.1 Å². The van der Waals surface area contributed by atoms with Crippen LogP contribution in [0, 0.1) is 0 Å². The van der Waals surface area contributed by atoms with Crippen LogP contribution in [0.4, 0.5) is 0 Å². The molecule has 1 aromatic carbocycles. The molecule has 1 N–H and O–H groups in total. The van der Waals surface area contributed by atoms with E-state index in [1.54, 1.807) is 12.3 Å². The summed E-state index contributed by atoms with van der Waals surface area (Å²) in [7, 11) is -0.786. The van der Waals surface area contributed by atoms with Crippen LogP contribution in [0.3, 0.4) is 0 Å². The van der Waals surface area contributed by atoms with E-state index >= 15 is 0 Å². The number of nitrogens with one attached hydrogen (secondary N) is 1. The summed E-state index contributed by atoms with van der Waals surface area (Å²) in [4.78, 5) is 0. The van der Waals surface area contributed by atoms with Gasteiger partial charge in [-0.25, -0.2) is 0 Å². The molecule has 0 aliphatic heterocycles. The fourth-order valence-corrected chi connectivity index (χ4v) is 1.86. The average molecular weight is 280 g/mol. The van der Waals surface area contributed by atoms with Crippen LogP contribution in [-0.4, -0.2) is 22.3 Å². The molecule has 1 rings (SSSR count). The zero-order chi connectivity index (χ0) is 12.1. The third kappa shape index (κ3) is 4.42. The third-order valence-electron chi connectivity index (χ3n) is 2.31. The van der Waals surface area contributed by atoms with Crippen molar-refractivity contribution in [2.24, 2.45) is 0 Å². The highest BCUT2D eigenvalue weighted by molar-refractivity contribution is 7.84. The SMILES string of the molecule is CC(CNCc1ccc(Cl)c(Cl)c1)S(C)=O. The van der Waals surface area contributed by atoms with Crippen LogP contribution in [0.15, 0.2) is 18.2 Å². The second-order valence-corrected chi connectivity index (χ2v) is 6.30. The Morgan fingerprint density at radius 2 is 2.06 bits per heavy atom. The Hall–Kier alpha value is -0.0900. The van der Waals surface area contributed by atoms with Gasteiger partial charge in [0.05, 0.1) is 10.0 Å². The van der Waals surface area contributed by atoms with Crippen molar-refractivity contribution in [3.8, 4) is 0 Å². The van der Waals surface area contributed by atoms with Gasteiger partial charge in [-0.15, -0.1) is 0 Å². The van der Waals surface area contributed by atoms with Crippen LogP contribution in [0.5, 0.6) is 0 Å². The molecule has 0 heterocycles. The summed E-state index contributed by atoms with van der Waals surface area (Å²) in [6.07, 6.45) is 1.71. The molecule has 5 heteroatoms. The summed E-state index contributed by atoms with van der Waals surface area (Å²) in [6.45, 7) is 3.39. The highest BCUT2D eigenvalue weighted by Crippen LogP contribution is 2.22. The molecule has 2 atom stereocenters. The first-order valence-electron chi connectivity index (χ1n) is 4.97. The second kappa shape index (κ2) is 6.60. The normalized spacial score (nSPS) is 14.8. The quantitative estimate of drug-likeness (QED) is 0.898. The topological polar surface area (TPSA) is 29.1 Å². The van der Waals surface area contributed by atoms with Crippen molar-refractivity contribution in [3.63, 3.8) is 0 Å². The highest BCUT2D eigenvalue weighted by Gasteiger charge is 2.05. The van der Waals surface area contributed by atoms with E-state index in [9.17, 15) is 4.21 Å². The molecule has 0 radical (unpaired) electrons. The number of halogens is 2. The van der Waals surface area contributed by atoms with Crippen molar-refractivity contribution in [1.29, 1.82) is 0 Å². The summed E-state index contributed by atoms with van der Waals surface area (Å²) in [5, 5.41) is 4.52. The maximum atomic E-state index is 11.1. The predicted octanol–water partition coefficient (Wildman–Crippen LogP) is 2.85. The maximum Gasteiger partial charge on any atom is 0.0595 e. The van der Waals surface area contributed by atoms with Crippen LogP contribution in [0.1, 0.15) is 12.5 Å². The van der Waals surface area contributed by atoms with Crippen molar-refractivity contribution >= 4 is 34.0 Å². The van der Waals surface area contributed by atoms with E-state index < -0.39 is 10.8 Å². The molecular weight excluding hydrogens is 265 g/mol. The smallest absolute Gasteiger partial charge is 0.0595 e. The lowest BCUT2D eigenvalue weighted by Crippen LogP contribution is -2.27. The second-order valence-electron chi connectivity index (χ2n) is 3.69. The van der Waals surface area contributed by atoms with E-state index in [-0.39, 0.29) is 5.25 Å². The summed E-state index contributed by atoms with van der Waals surface area (Å²) in [5.41, 5.74) is 1.07. The van der Waals surface area contributed by atoms with Crippen LogP contribution < -0.4 is 5.32 Å². The van der Waals surface area contributed by atoms with Gasteiger partial charge in [0.2, 0.25) is 0 Å². The summed E-state index contributed by atoms with van der Waals surface area (Å²) in [5.74, 6) is 0. The molecule has 90 valence electrons. The molecule has 0 aliphatic rings. The molecule has 0 saturated heterocycles. The summed E-state index contributed by atoms with van der Waals surface area (Å²) < 4.78 is 11.1. The number of benzene rings is 1. The first-order chi connectivity index (χ1) is 7.50. The molecule has 0 bridgehead atoms. The monoisotopic (exact) mass is 279 g/mol. The minimum atomic E-state index is -0.786. The van der Waals surface area contributed by atoms with Crippen molar-refractivity contribution in [2.45, 2.75) is 18.7 Å². The van der Waals surface area contributed by atoms with Crippen LogP contribution in [0.2, 0.25) is 10.0 Å². The molecule has 2 unspecified atom stereocenters. The fraction of sp³-hybridized carbons (Fsp3) is 0.455. The van der Waals surface area contributed by atoms with Crippen LogP contribution >= 0.6 is 23.2 Å². The first kappa shape index (κ1) is 14.0. The van der Waals surface area contributed by atoms with Gasteiger partial charge in [-0.1, -0.05) is 29.3 Å². The Morgan fingerprint density at radius 3 is 2.62 bits per heavy atom. The molecule has 1 aromatic rings. The lowest BCUT2D eigenvalue weighted by molar-refractivity contribution is 0.647. The fourth-order valence-electron chi connectivity index (χ4n) is 1.19. The van der Waals surface area contributed by atoms with Crippen molar-refractivity contribution in [3.05, 3.63) is 33.8 Å². The van der Waals surface area contributed by atoms with Crippen LogP contribution in [-0.2, 0) is 17.3 Å². The number of rotatable bonds is 5. The minimum Gasteiger partial charge on any atom is -0.311 e. The van der Waals surface area contributed by atoms with E-state index in [0.29, 0.717) is 16.6 Å². The van der Waals surface area contributed by atoms with Crippen LogP contribution in [0.25, 0.3) is 0 Å². The van der Waals surface area contributed by atoms with Gasteiger partial charge in [-0.05, 0) is 24.6 Å². The molecule has 0 aliphatic carbocycles. The minimum absolute atomic E-state index is 0.155. The van der Waals surface area contributed by atoms with Gasteiger partial charge < -0.3 is 5.32 Å². The van der Waals surface area contributed by atoms with Crippen molar-refractivity contribution in [1.82, 2.24) is 5.32 Å². The highest BCUT2D eigenvalue weighted by atomic mass is 35.5. The largest absolute Gasteiger partial charge is 0.311 e. The maximum absolute atomic E-state index is 11.1. The lowest BCUT2D eigenvalue weighted by Gasteiger charge is -2.10. The van der Waals surface area contributed by atoms with Gasteiger partial charge in [-0.2, -0.15) is 0 Å². The molecule has 0 aromatic heterocycles. The molecular formula is C11H15Cl2NOS. The zero-order valence-electron chi connectivity index (χ0n) is 9.30. The number of hydrogen-bond donors (Lipinski definition) is 1. The zero-order valence-corrected chi connectivity index (χ0v) is 11.6. The predicted molar refractivity (Wildman–Crippen MR) is 71.7 cm³/mol. The molecule has 0 fully saturated rings. The molecule has 16 heavy (non-hydrogen) atoms. The lowest BCUT2D eigenvalue weighted by atomic mass is 10.2. The molecule has 2 nitrogen and oxygen atoms in total. The van der Waals surface area contributed by atoms with Gasteiger partial charge in [-0.3, -0.25) is 4.21 Å². The molecule has 0 amide bonds. The van der Waals surface area contributed by atoms with E-state index in [2.05, 4.69) is 5.32 Å². The Bertz CT molecular complexity index is 384. The Kier molecular flexibility index (Phi) is 5.76. The standard InChI is InChI=1S/C11H15Cl2NOS/c1-8(16(2)15)6-14-7-9-3-4-10(12)11(13)5-9/h3-5,8,14H,6-7H2,1-2H3. The van der Waals surface area contributed by atoms with E-state index in [1.807, 2.05) is 19.1 Å². The first-order valence-corrected chi connectivity index (χ1v) is 7.35. The molecule has 0 spiro atoms. The number of hydrogen-bond acceptors (Lipinski definition) is 2. The molecule has 0 saturated carbocycles. The van der Waals surface area contributed by atoms with E-state index in [4.69, 9.17) is 23.2 Å². The Labute approximate surface area is 109 Å². The van der Waals surface area contributed by atoms with Gasteiger partial charge in [0.15, 0.2) is 0 Å². The Morgan fingerprint density at radius 1 is 1.38 bits per heavy atom. The van der Waals surface area contributed by atoms with Crippen molar-refractivity contribution < 1.29 is 4.21 Å². The summed E-state index contributed by atoms with van der Waals surface area (Å²) in [6, 6.07) is 5.54. The summed E-state index contributed by atoms with van der Waals surface area (Å²) >= 11 is 11.7. The van der Waals surface area contributed by atoms with Crippen molar-refractivity contribution in [2.75, 3.05) is 12.8 Å². The Balaban J connectivity index is 2.43. The van der Waals surface area contributed by atoms with Gasteiger partial charge in [0.1, 0.15) is 0 Å². The third-order valence-corrected chi connectivity index (χ3v) is 4.35. The van der Waals surface area contributed by atoms with Gasteiger partial charge in [0.25, 0.3) is 0 Å². The van der Waals surface area contributed by atoms with Gasteiger partial charge in [0, 0.05) is 35.4 Å². The average Bonchev–Trinajstić information content (AvgIpc) is 2.23. The van der Waals surface area contributed by atoms with Gasteiger partial charge >= 0.3 is 0 Å².